The molecule has 3 atom stereocenters. The lowest BCUT2D eigenvalue weighted by atomic mass is 10.00. The maximum absolute atomic E-state index is 6.06. The van der Waals surface area contributed by atoms with Gasteiger partial charge in [-0.1, -0.05) is 37.6 Å². The van der Waals surface area contributed by atoms with Crippen molar-refractivity contribution in [2.24, 2.45) is 5.92 Å². The van der Waals surface area contributed by atoms with E-state index in [0.29, 0.717) is 12.1 Å². The standard InChI is InChI=1S/C14H20ClNS/c1-3-13(11-5-4-6-12(15)7-11)16-14-9-17-8-10(14)2/h4-7,10,13-14,16H,3,8-9H2,1-2H3. The van der Waals surface area contributed by atoms with Gasteiger partial charge in [-0.15, -0.1) is 0 Å². The van der Waals surface area contributed by atoms with E-state index < -0.39 is 0 Å². The highest BCUT2D eigenvalue weighted by molar-refractivity contribution is 7.99. The van der Waals surface area contributed by atoms with Crippen LogP contribution in [0.25, 0.3) is 0 Å². The average molecular weight is 270 g/mol. The number of thioether (sulfide) groups is 1. The molecule has 94 valence electrons. The van der Waals surface area contributed by atoms with Crippen LogP contribution in [-0.4, -0.2) is 17.5 Å². The lowest BCUT2D eigenvalue weighted by Gasteiger charge is -2.24. The van der Waals surface area contributed by atoms with Crippen molar-refractivity contribution in [3.8, 4) is 0 Å². The first-order valence-electron chi connectivity index (χ1n) is 6.30. The van der Waals surface area contributed by atoms with Crippen LogP contribution in [0.4, 0.5) is 0 Å². The predicted molar refractivity (Wildman–Crippen MR) is 77.9 cm³/mol. The van der Waals surface area contributed by atoms with Crippen molar-refractivity contribution >= 4 is 23.4 Å². The minimum atomic E-state index is 0.430. The molecule has 1 aliphatic heterocycles. The summed E-state index contributed by atoms with van der Waals surface area (Å²) in [5.41, 5.74) is 1.31. The van der Waals surface area contributed by atoms with Crippen molar-refractivity contribution in [1.82, 2.24) is 5.32 Å². The number of nitrogens with one attached hydrogen (secondary N) is 1. The fourth-order valence-electron chi connectivity index (χ4n) is 2.31. The van der Waals surface area contributed by atoms with Gasteiger partial charge in [-0.25, -0.2) is 0 Å². The van der Waals surface area contributed by atoms with Gasteiger partial charge in [0.05, 0.1) is 0 Å². The molecule has 1 aromatic carbocycles. The first-order valence-corrected chi connectivity index (χ1v) is 7.83. The summed E-state index contributed by atoms with van der Waals surface area (Å²) in [7, 11) is 0. The molecule has 0 amide bonds. The Morgan fingerprint density at radius 3 is 2.88 bits per heavy atom. The number of benzene rings is 1. The molecule has 3 unspecified atom stereocenters. The second-order valence-corrected chi connectivity index (χ2v) is 6.32. The smallest absolute Gasteiger partial charge is 0.0409 e. The van der Waals surface area contributed by atoms with Crippen LogP contribution in [0.15, 0.2) is 24.3 Å². The SMILES string of the molecule is CCC(NC1CSCC1C)c1cccc(Cl)c1. The highest BCUT2D eigenvalue weighted by atomic mass is 35.5. The molecule has 1 aliphatic rings. The molecular formula is C14H20ClNS. The van der Waals surface area contributed by atoms with Crippen LogP contribution in [0, 0.1) is 5.92 Å². The molecule has 0 aromatic heterocycles. The summed E-state index contributed by atoms with van der Waals surface area (Å²) < 4.78 is 0. The minimum absolute atomic E-state index is 0.430. The van der Waals surface area contributed by atoms with Crippen molar-refractivity contribution in [3.05, 3.63) is 34.9 Å². The highest BCUT2D eigenvalue weighted by Crippen LogP contribution is 2.28. The second kappa shape index (κ2) is 6.12. The van der Waals surface area contributed by atoms with Gasteiger partial charge in [-0.2, -0.15) is 11.8 Å². The quantitative estimate of drug-likeness (QED) is 0.882. The average Bonchev–Trinajstić information content (AvgIpc) is 2.71. The van der Waals surface area contributed by atoms with Gasteiger partial charge in [-0.05, 0) is 35.8 Å². The molecule has 1 saturated heterocycles. The zero-order chi connectivity index (χ0) is 12.3. The Morgan fingerprint density at radius 2 is 2.29 bits per heavy atom. The largest absolute Gasteiger partial charge is 0.306 e. The summed E-state index contributed by atoms with van der Waals surface area (Å²) in [5, 5.41) is 4.61. The third kappa shape index (κ3) is 3.40. The number of rotatable bonds is 4. The monoisotopic (exact) mass is 269 g/mol. The van der Waals surface area contributed by atoms with Crippen molar-refractivity contribution in [3.63, 3.8) is 0 Å². The zero-order valence-corrected chi connectivity index (χ0v) is 12.0. The van der Waals surface area contributed by atoms with Crippen LogP contribution >= 0.6 is 23.4 Å². The third-order valence-corrected chi connectivity index (χ3v) is 5.03. The molecule has 1 fully saturated rings. The minimum Gasteiger partial charge on any atom is -0.306 e. The number of hydrogen-bond acceptors (Lipinski definition) is 2. The van der Waals surface area contributed by atoms with Gasteiger partial charge in [-0.3, -0.25) is 0 Å². The summed E-state index contributed by atoms with van der Waals surface area (Å²) in [4.78, 5) is 0. The van der Waals surface area contributed by atoms with Crippen molar-refractivity contribution in [1.29, 1.82) is 0 Å². The summed E-state index contributed by atoms with van der Waals surface area (Å²) in [6.45, 7) is 4.56. The van der Waals surface area contributed by atoms with Crippen LogP contribution in [0.1, 0.15) is 31.9 Å². The van der Waals surface area contributed by atoms with Crippen LogP contribution in [0.2, 0.25) is 5.02 Å². The third-order valence-electron chi connectivity index (χ3n) is 3.44. The van der Waals surface area contributed by atoms with E-state index in [9.17, 15) is 0 Å². The van der Waals surface area contributed by atoms with Gasteiger partial charge in [0.2, 0.25) is 0 Å². The topological polar surface area (TPSA) is 12.0 Å². The van der Waals surface area contributed by atoms with E-state index in [4.69, 9.17) is 11.6 Å². The Hall–Kier alpha value is -0.180. The van der Waals surface area contributed by atoms with Gasteiger partial charge in [0.25, 0.3) is 0 Å². The maximum atomic E-state index is 6.06. The molecule has 2 rings (SSSR count). The Labute approximate surface area is 113 Å². The molecule has 0 bridgehead atoms. The lowest BCUT2D eigenvalue weighted by molar-refractivity contribution is 0.390. The molecule has 1 aromatic rings. The van der Waals surface area contributed by atoms with E-state index in [-0.39, 0.29) is 0 Å². The van der Waals surface area contributed by atoms with Gasteiger partial charge in [0.1, 0.15) is 0 Å². The van der Waals surface area contributed by atoms with Crippen molar-refractivity contribution in [2.45, 2.75) is 32.4 Å². The molecule has 1 heterocycles. The van der Waals surface area contributed by atoms with E-state index in [1.807, 2.05) is 12.1 Å². The summed E-state index contributed by atoms with van der Waals surface area (Å²) >= 11 is 8.11. The maximum Gasteiger partial charge on any atom is 0.0409 e. The molecule has 0 radical (unpaired) electrons. The van der Waals surface area contributed by atoms with Gasteiger partial charge >= 0.3 is 0 Å². The number of hydrogen-bond donors (Lipinski definition) is 1. The molecular weight excluding hydrogens is 250 g/mol. The molecule has 1 nitrogen and oxygen atoms in total. The van der Waals surface area contributed by atoms with E-state index in [1.165, 1.54) is 17.1 Å². The molecule has 1 N–H and O–H groups in total. The lowest BCUT2D eigenvalue weighted by Crippen LogP contribution is -2.36. The first kappa shape index (κ1) is 13.3. The van der Waals surface area contributed by atoms with E-state index >= 15 is 0 Å². The van der Waals surface area contributed by atoms with Gasteiger partial charge < -0.3 is 5.32 Å². The second-order valence-electron chi connectivity index (χ2n) is 4.80. The predicted octanol–water partition coefficient (Wildman–Crippen LogP) is 4.13. The van der Waals surface area contributed by atoms with Crippen LogP contribution in [0.3, 0.4) is 0 Å². The van der Waals surface area contributed by atoms with Crippen LogP contribution < -0.4 is 5.32 Å². The molecule has 0 spiro atoms. The summed E-state index contributed by atoms with van der Waals surface area (Å²) in [6, 6.07) is 9.29. The van der Waals surface area contributed by atoms with E-state index in [0.717, 1.165) is 17.4 Å². The first-order chi connectivity index (χ1) is 8.20. The summed E-state index contributed by atoms with van der Waals surface area (Å²) in [5.74, 6) is 3.29. The highest BCUT2D eigenvalue weighted by Gasteiger charge is 2.26. The van der Waals surface area contributed by atoms with Gasteiger partial charge in [0, 0.05) is 22.9 Å². The van der Waals surface area contributed by atoms with Crippen LogP contribution in [-0.2, 0) is 0 Å². The Balaban J connectivity index is 2.06. The molecule has 17 heavy (non-hydrogen) atoms. The van der Waals surface area contributed by atoms with E-state index in [1.54, 1.807) is 0 Å². The number of halogens is 1. The summed E-state index contributed by atoms with van der Waals surface area (Å²) in [6.07, 6.45) is 1.11. The van der Waals surface area contributed by atoms with E-state index in [2.05, 4.69) is 43.1 Å². The molecule has 0 aliphatic carbocycles. The fraction of sp³-hybridized carbons (Fsp3) is 0.571. The van der Waals surface area contributed by atoms with Gasteiger partial charge in [0.15, 0.2) is 0 Å². The zero-order valence-electron chi connectivity index (χ0n) is 10.4. The molecule has 0 saturated carbocycles. The fourth-order valence-corrected chi connectivity index (χ4v) is 3.92. The molecule has 3 heteroatoms. The van der Waals surface area contributed by atoms with Crippen molar-refractivity contribution < 1.29 is 0 Å². The normalized spacial score (nSPS) is 26.1. The van der Waals surface area contributed by atoms with Crippen molar-refractivity contribution in [2.75, 3.05) is 11.5 Å². The Morgan fingerprint density at radius 1 is 1.47 bits per heavy atom. The Kier molecular flexibility index (Phi) is 4.78. The van der Waals surface area contributed by atoms with Crippen LogP contribution in [0.5, 0.6) is 0 Å². The Bertz CT molecular complexity index is 369.